The molecule has 0 aliphatic heterocycles. The van der Waals surface area contributed by atoms with Crippen LogP contribution in [0.15, 0.2) is 0 Å². The molecule has 14 heavy (non-hydrogen) atoms. The summed E-state index contributed by atoms with van der Waals surface area (Å²) in [5, 5.41) is 0.500. The number of Topliss-reactive ketones (excluding diaryl/α,β-unsaturated/α-hetero) is 2. The van der Waals surface area contributed by atoms with Gasteiger partial charge in [0, 0.05) is 0 Å². The second-order valence-electron chi connectivity index (χ2n) is 2.93. The van der Waals surface area contributed by atoms with E-state index < -0.39 is 6.04 Å². The van der Waals surface area contributed by atoms with Gasteiger partial charge in [-0.05, 0) is 0 Å². The van der Waals surface area contributed by atoms with Gasteiger partial charge in [0.05, 0.1) is 0 Å². The Bertz CT molecular complexity index is 247. The van der Waals surface area contributed by atoms with Crippen molar-refractivity contribution in [1.29, 1.82) is 0 Å². The first-order chi connectivity index (χ1) is 6.13. The zero-order valence-corrected chi connectivity index (χ0v) is 12.8. The molecule has 2 N–H and O–H groups in total. The Kier molecular flexibility index (Phi) is 8.00. The van der Waals surface area contributed by atoms with Gasteiger partial charge in [0.1, 0.15) is 0 Å². The molecule has 0 amide bonds. The van der Waals surface area contributed by atoms with Crippen LogP contribution in [0.4, 0.5) is 0 Å². The molecule has 0 bridgehead atoms. The van der Waals surface area contributed by atoms with Gasteiger partial charge in [0.15, 0.2) is 0 Å². The number of carbonyl (C=O) groups is 2. The van der Waals surface area contributed by atoms with Crippen LogP contribution in [0.5, 0.6) is 0 Å². The Labute approximate surface area is 131 Å². The summed E-state index contributed by atoms with van der Waals surface area (Å²) in [6.45, 7) is 0. The van der Waals surface area contributed by atoms with Crippen LogP contribution in [0.1, 0.15) is 12.8 Å². The number of rotatable bonds is 4. The minimum atomic E-state index is -0.594. The smallest absolute Gasteiger partial charge is 1.00 e. The SMILES string of the molecule is N[C@H]([C-]=O)C[Se]C1CC(=O)CC1=O.[K+]. The van der Waals surface area contributed by atoms with Crippen molar-refractivity contribution < 1.29 is 65.8 Å². The molecule has 1 fully saturated rings. The van der Waals surface area contributed by atoms with Crippen molar-refractivity contribution in [2.75, 3.05) is 0 Å². The molecule has 0 heterocycles. The quantitative estimate of drug-likeness (QED) is 0.327. The number of hydrogen-bond donors (Lipinski definition) is 1. The zero-order chi connectivity index (χ0) is 9.84. The van der Waals surface area contributed by atoms with Gasteiger partial charge in [-0.1, -0.05) is 0 Å². The van der Waals surface area contributed by atoms with Crippen molar-refractivity contribution in [2.45, 2.75) is 29.0 Å². The topological polar surface area (TPSA) is 77.2 Å². The fraction of sp³-hybridized carbons (Fsp3) is 0.625. The molecule has 1 unspecified atom stereocenters. The molecule has 0 aromatic carbocycles. The summed E-state index contributed by atoms with van der Waals surface area (Å²) in [4.78, 5) is 31.9. The van der Waals surface area contributed by atoms with Crippen LogP contribution in [0.3, 0.4) is 0 Å². The third-order valence-electron chi connectivity index (χ3n) is 1.77. The molecule has 1 saturated carbocycles. The fourth-order valence-corrected chi connectivity index (χ4v) is 3.37. The van der Waals surface area contributed by atoms with Gasteiger partial charge in [-0.25, -0.2) is 0 Å². The summed E-state index contributed by atoms with van der Waals surface area (Å²) >= 11 is -0.0277. The first-order valence-corrected chi connectivity index (χ1v) is 6.12. The van der Waals surface area contributed by atoms with Crippen LogP contribution in [0, 0.1) is 0 Å². The van der Waals surface area contributed by atoms with Crippen LogP contribution >= 0.6 is 0 Å². The van der Waals surface area contributed by atoms with E-state index in [1.165, 1.54) is 0 Å². The first-order valence-electron chi connectivity index (χ1n) is 3.92. The van der Waals surface area contributed by atoms with E-state index >= 15 is 0 Å². The molecule has 6 heteroatoms. The van der Waals surface area contributed by atoms with E-state index in [9.17, 15) is 14.4 Å². The number of hydrogen-bond acceptors (Lipinski definition) is 4. The summed E-state index contributed by atoms with van der Waals surface area (Å²) in [7, 11) is 0. The molecule has 0 aromatic rings. The van der Waals surface area contributed by atoms with Crippen molar-refractivity contribution >= 4 is 32.8 Å². The molecule has 0 aromatic heterocycles. The Morgan fingerprint density at radius 1 is 1.57 bits per heavy atom. The number of carbonyl (C=O) groups excluding carboxylic acids is 3. The fourth-order valence-electron chi connectivity index (χ4n) is 1.11. The van der Waals surface area contributed by atoms with Crippen LogP contribution in [0.25, 0.3) is 0 Å². The summed E-state index contributed by atoms with van der Waals surface area (Å²) in [6.07, 6.45) is 2.09. The normalized spacial score (nSPS) is 23.1. The molecule has 0 saturated heterocycles. The largest absolute Gasteiger partial charge is 1.00 e. The van der Waals surface area contributed by atoms with Gasteiger partial charge in [0.25, 0.3) is 0 Å². The Hall–Kier alpha value is 1.13. The molecule has 1 aliphatic carbocycles. The van der Waals surface area contributed by atoms with Crippen molar-refractivity contribution in [2.24, 2.45) is 5.73 Å². The average molecular weight is 286 g/mol. The van der Waals surface area contributed by atoms with Gasteiger partial charge in [-0.3, -0.25) is 0 Å². The van der Waals surface area contributed by atoms with E-state index in [-0.39, 0.29) is 89.1 Å². The van der Waals surface area contributed by atoms with Gasteiger partial charge < -0.3 is 0 Å². The zero-order valence-electron chi connectivity index (χ0n) is 7.99. The molecule has 1 rings (SSSR count). The summed E-state index contributed by atoms with van der Waals surface area (Å²) in [5.74, 6) is 0.0311. The Morgan fingerprint density at radius 2 is 2.21 bits per heavy atom. The van der Waals surface area contributed by atoms with Crippen LogP contribution < -0.4 is 57.1 Å². The van der Waals surface area contributed by atoms with E-state index in [1.54, 1.807) is 6.29 Å². The minimum absolute atomic E-state index is 0. The Morgan fingerprint density at radius 3 is 2.64 bits per heavy atom. The van der Waals surface area contributed by atoms with E-state index in [4.69, 9.17) is 5.73 Å². The molecular formula is C8H10KNO3Se. The molecule has 1 aliphatic rings. The van der Waals surface area contributed by atoms with Gasteiger partial charge in [-0.2, -0.15) is 0 Å². The van der Waals surface area contributed by atoms with Crippen molar-refractivity contribution in [3.8, 4) is 0 Å². The maximum atomic E-state index is 11.1. The second kappa shape index (κ2) is 7.41. The number of ketones is 2. The monoisotopic (exact) mass is 287 g/mol. The summed E-state index contributed by atoms with van der Waals surface area (Å²) < 4.78 is 0. The summed E-state index contributed by atoms with van der Waals surface area (Å²) in [6, 6.07) is -0.594. The maximum Gasteiger partial charge on any atom is 1.00 e. The summed E-state index contributed by atoms with van der Waals surface area (Å²) in [5.41, 5.74) is 5.33. The molecule has 4 nitrogen and oxygen atoms in total. The third-order valence-corrected chi connectivity index (χ3v) is 4.67. The van der Waals surface area contributed by atoms with E-state index in [0.717, 1.165) is 0 Å². The standard InChI is InChI=1S/C8H10NO3Se.K/c9-5(3-10)4-13-8-2-6(11)1-7(8)12;/h5,8H,1-2,4,9H2;/q-1;+1/t5-,8?;/m1./s1. The van der Waals surface area contributed by atoms with Gasteiger partial charge in [-0.15, -0.1) is 0 Å². The van der Waals surface area contributed by atoms with Crippen molar-refractivity contribution in [1.82, 2.24) is 0 Å². The van der Waals surface area contributed by atoms with Crippen molar-refractivity contribution in [3.05, 3.63) is 0 Å². The Balaban J connectivity index is 0.00000169. The molecular weight excluding hydrogens is 276 g/mol. The molecule has 72 valence electrons. The second-order valence-corrected chi connectivity index (χ2v) is 5.52. The average Bonchev–Trinajstić information content (AvgIpc) is 2.41. The van der Waals surface area contributed by atoms with E-state index in [1.807, 2.05) is 0 Å². The van der Waals surface area contributed by atoms with Crippen LogP contribution in [-0.2, 0) is 14.4 Å². The maximum absolute atomic E-state index is 11.1. The first kappa shape index (κ1) is 15.1. The minimum Gasteiger partial charge on any atom is 1.00 e. The predicted molar refractivity (Wildman–Crippen MR) is 47.2 cm³/mol. The number of nitrogens with two attached hydrogens (primary N) is 1. The van der Waals surface area contributed by atoms with Crippen LogP contribution in [-0.4, -0.2) is 38.9 Å². The molecule has 0 radical (unpaired) electrons. The van der Waals surface area contributed by atoms with Crippen LogP contribution in [0.2, 0.25) is 10.1 Å². The van der Waals surface area contributed by atoms with Gasteiger partial charge in [0.2, 0.25) is 0 Å². The van der Waals surface area contributed by atoms with Gasteiger partial charge >= 0.3 is 133 Å². The third kappa shape index (κ3) is 4.76. The van der Waals surface area contributed by atoms with Crippen molar-refractivity contribution in [3.63, 3.8) is 0 Å². The predicted octanol–water partition coefficient (Wildman–Crippen LogP) is -3.73. The van der Waals surface area contributed by atoms with E-state index in [2.05, 4.69) is 0 Å². The molecule has 0 spiro atoms. The molecule has 2 atom stereocenters. The van der Waals surface area contributed by atoms with E-state index in [0.29, 0.717) is 11.7 Å².